The summed E-state index contributed by atoms with van der Waals surface area (Å²) in [7, 11) is 0. The van der Waals surface area contributed by atoms with E-state index in [9.17, 15) is 28.3 Å². The maximum absolute atomic E-state index is 13.8. The minimum absolute atomic E-state index is 0.0318. The average Bonchev–Trinajstić information content (AvgIpc) is 3.30. The monoisotopic (exact) mass is 458 g/mol. The van der Waals surface area contributed by atoms with Crippen LogP contribution in [0.3, 0.4) is 0 Å². The van der Waals surface area contributed by atoms with Crippen LogP contribution in [0.2, 0.25) is 0 Å². The van der Waals surface area contributed by atoms with Gasteiger partial charge in [-0.1, -0.05) is 55.5 Å². The molecule has 0 aromatic heterocycles. The Labute approximate surface area is 189 Å². The van der Waals surface area contributed by atoms with Gasteiger partial charge in [0, 0.05) is 12.3 Å². The van der Waals surface area contributed by atoms with Crippen LogP contribution in [0.5, 0.6) is 0 Å². The van der Waals surface area contributed by atoms with Crippen LogP contribution in [0.15, 0.2) is 48.5 Å². The smallest absolute Gasteiger partial charge is 0.407 e. The van der Waals surface area contributed by atoms with Crippen LogP contribution >= 0.6 is 0 Å². The summed E-state index contributed by atoms with van der Waals surface area (Å²) in [6.45, 7) is 0.631. The maximum atomic E-state index is 13.8. The van der Waals surface area contributed by atoms with E-state index in [0.29, 0.717) is 4.90 Å². The second-order valence-electron chi connectivity index (χ2n) is 8.31. The zero-order valence-electron chi connectivity index (χ0n) is 18.0. The summed E-state index contributed by atoms with van der Waals surface area (Å²) in [4.78, 5) is 37.2. The molecule has 2 amide bonds. The number of carbonyl (C=O) groups excluding carboxylic acids is 2. The number of aliphatic carboxylic acids is 1. The van der Waals surface area contributed by atoms with Gasteiger partial charge in [-0.25, -0.2) is 18.4 Å². The number of alkyl halides is 2. The Morgan fingerprint density at radius 2 is 1.70 bits per heavy atom. The van der Waals surface area contributed by atoms with Crippen LogP contribution in [-0.4, -0.2) is 59.1 Å². The van der Waals surface area contributed by atoms with Gasteiger partial charge in [0.05, 0.1) is 6.54 Å². The number of carboxylic acid groups (broad SMARTS) is 1. The van der Waals surface area contributed by atoms with Gasteiger partial charge in [-0.3, -0.25) is 4.79 Å². The zero-order chi connectivity index (χ0) is 23.8. The minimum atomic E-state index is -3.29. The average molecular weight is 458 g/mol. The van der Waals surface area contributed by atoms with Crippen molar-refractivity contribution < 1.29 is 33.0 Å². The number of amides is 2. The highest BCUT2D eigenvalue weighted by Gasteiger charge is 2.51. The first-order valence-electron chi connectivity index (χ1n) is 10.7. The van der Waals surface area contributed by atoms with E-state index in [0.717, 1.165) is 22.3 Å². The molecule has 1 aliphatic heterocycles. The summed E-state index contributed by atoms with van der Waals surface area (Å²) >= 11 is 0. The Hall–Kier alpha value is -3.49. The molecule has 1 fully saturated rings. The number of hydrogen-bond donors (Lipinski definition) is 2. The number of carboxylic acids is 1. The lowest BCUT2D eigenvalue weighted by molar-refractivity contribution is -0.149. The van der Waals surface area contributed by atoms with Gasteiger partial charge < -0.3 is 20.1 Å². The van der Waals surface area contributed by atoms with Gasteiger partial charge >= 0.3 is 12.1 Å². The molecule has 2 atom stereocenters. The summed E-state index contributed by atoms with van der Waals surface area (Å²) in [5.41, 5.74) is 4.19. The Morgan fingerprint density at radius 1 is 1.12 bits per heavy atom. The fraction of sp³-hybridized carbons (Fsp3) is 0.375. The number of halogens is 2. The second-order valence-corrected chi connectivity index (χ2v) is 8.31. The molecule has 9 heteroatoms. The van der Waals surface area contributed by atoms with Crippen molar-refractivity contribution in [3.8, 4) is 11.1 Å². The molecule has 4 rings (SSSR count). The summed E-state index contributed by atoms with van der Waals surface area (Å²) in [5, 5.41) is 11.6. The SMILES string of the molecule is CC[C@H](NC(=O)OCC1c2ccccc2-c2ccccc21)C(=O)N1CC(F)(F)CC1C(=O)O. The van der Waals surface area contributed by atoms with Crippen molar-refractivity contribution in [2.24, 2.45) is 0 Å². The van der Waals surface area contributed by atoms with E-state index < -0.39 is 48.9 Å². The zero-order valence-corrected chi connectivity index (χ0v) is 18.0. The van der Waals surface area contributed by atoms with Crippen molar-refractivity contribution >= 4 is 18.0 Å². The minimum Gasteiger partial charge on any atom is -0.480 e. The Bertz CT molecular complexity index is 1040. The van der Waals surface area contributed by atoms with Crippen LogP contribution in [-0.2, 0) is 14.3 Å². The van der Waals surface area contributed by atoms with Crippen molar-refractivity contribution in [2.75, 3.05) is 13.2 Å². The third kappa shape index (κ3) is 4.40. The Morgan fingerprint density at radius 3 is 2.24 bits per heavy atom. The fourth-order valence-electron chi connectivity index (χ4n) is 4.59. The molecule has 1 aliphatic carbocycles. The van der Waals surface area contributed by atoms with Gasteiger partial charge in [-0.15, -0.1) is 0 Å². The maximum Gasteiger partial charge on any atom is 0.407 e. The lowest BCUT2D eigenvalue weighted by Gasteiger charge is -2.26. The van der Waals surface area contributed by atoms with Crippen molar-refractivity contribution in [1.82, 2.24) is 10.2 Å². The largest absolute Gasteiger partial charge is 0.480 e. The van der Waals surface area contributed by atoms with E-state index in [1.54, 1.807) is 6.92 Å². The van der Waals surface area contributed by atoms with Crippen molar-refractivity contribution in [3.05, 3.63) is 59.7 Å². The third-order valence-electron chi connectivity index (χ3n) is 6.18. The fourth-order valence-corrected chi connectivity index (χ4v) is 4.59. The first-order valence-corrected chi connectivity index (χ1v) is 10.7. The predicted molar refractivity (Wildman–Crippen MR) is 115 cm³/mol. The molecular weight excluding hydrogens is 434 g/mol. The lowest BCUT2D eigenvalue weighted by Crippen LogP contribution is -2.51. The number of rotatable bonds is 6. The van der Waals surface area contributed by atoms with Crippen LogP contribution < -0.4 is 5.32 Å². The molecule has 1 saturated heterocycles. The molecule has 0 saturated carbocycles. The first kappa shape index (κ1) is 22.7. The van der Waals surface area contributed by atoms with Crippen LogP contribution in [0, 0.1) is 0 Å². The molecule has 0 radical (unpaired) electrons. The quantitative estimate of drug-likeness (QED) is 0.689. The number of nitrogens with zero attached hydrogens (tertiary/aromatic N) is 1. The number of alkyl carbamates (subject to hydrolysis) is 1. The normalized spacial score (nSPS) is 19.5. The second kappa shape index (κ2) is 8.80. The number of nitrogens with one attached hydrogen (secondary N) is 1. The first-order chi connectivity index (χ1) is 15.7. The summed E-state index contributed by atoms with van der Waals surface area (Å²) < 4.78 is 32.9. The van der Waals surface area contributed by atoms with Crippen LogP contribution in [0.25, 0.3) is 11.1 Å². The highest BCUT2D eigenvalue weighted by atomic mass is 19.3. The highest BCUT2D eigenvalue weighted by molar-refractivity contribution is 5.90. The Balaban J connectivity index is 1.42. The van der Waals surface area contributed by atoms with Gasteiger partial charge in [0.15, 0.2) is 0 Å². The molecule has 174 valence electrons. The van der Waals surface area contributed by atoms with E-state index in [1.807, 2.05) is 48.5 Å². The number of fused-ring (bicyclic) bond motifs is 3. The highest BCUT2D eigenvalue weighted by Crippen LogP contribution is 2.44. The number of carbonyl (C=O) groups is 3. The van der Waals surface area contributed by atoms with E-state index >= 15 is 0 Å². The van der Waals surface area contributed by atoms with E-state index in [-0.39, 0.29) is 18.9 Å². The summed E-state index contributed by atoms with van der Waals surface area (Å²) in [6.07, 6.45) is -1.72. The van der Waals surface area contributed by atoms with Crippen molar-refractivity contribution in [3.63, 3.8) is 0 Å². The third-order valence-corrected chi connectivity index (χ3v) is 6.18. The van der Waals surface area contributed by atoms with Crippen molar-refractivity contribution in [2.45, 2.75) is 43.7 Å². The number of likely N-dealkylation sites (tertiary alicyclic amines) is 1. The van der Waals surface area contributed by atoms with Crippen molar-refractivity contribution in [1.29, 1.82) is 0 Å². The Kier molecular flexibility index (Phi) is 6.05. The van der Waals surface area contributed by atoms with Gasteiger partial charge in [0.25, 0.3) is 5.92 Å². The molecule has 7 nitrogen and oxygen atoms in total. The lowest BCUT2D eigenvalue weighted by atomic mass is 9.98. The van der Waals surface area contributed by atoms with Gasteiger partial charge in [0.1, 0.15) is 18.7 Å². The van der Waals surface area contributed by atoms with Crippen LogP contribution in [0.4, 0.5) is 13.6 Å². The molecular formula is C24H24F2N2O5. The molecule has 2 aromatic rings. The van der Waals surface area contributed by atoms with Gasteiger partial charge in [-0.2, -0.15) is 0 Å². The molecule has 1 heterocycles. The molecule has 2 aliphatic rings. The van der Waals surface area contributed by atoms with Gasteiger partial charge in [-0.05, 0) is 28.7 Å². The number of benzene rings is 2. The predicted octanol–water partition coefficient (Wildman–Crippen LogP) is 3.62. The summed E-state index contributed by atoms with van der Waals surface area (Å²) in [5.74, 6) is -5.83. The summed E-state index contributed by atoms with van der Waals surface area (Å²) in [6, 6.07) is 12.9. The standard InChI is InChI=1S/C24H24F2N2O5/c1-2-19(21(29)28-13-24(25,26)11-20(28)22(30)31)27-23(32)33-12-18-16-9-5-3-7-14(16)15-8-4-6-10-17(15)18/h3-10,18-20H,2,11-13H2,1H3,(H,27,32)(H,30,31)/t19-,20?/m0/s1. The topological polar surface area (TPSA) is 95.9 Å². The van der Waals surface area contributed by atoms with E-state index in [4.69, 9.17) is 4.74 Å². The molecule has 0 spiro atoms. The van der Waals surface area contributed by atoms with Crippen LogP contribution in [0.1, 0.15) is 36.8 Å². The molecule has 1 unspecified atom stereocenters. The number of ether oxygens (including phenoxy) is 1. The van der Waals surface area contributed by atoms with Gasteiger partial charge in [0.2, 0.25) is 5.91 Å². The molecule has 2 aromatic carbocycles. The number of hydrogen-bond acceptors (Lipinski definition) is 4. The molecule has 0 bridgehead atoms. The van der Waals surface area contributed by atoms with E-state index in [1.165, 1.54) is 0 Å². The van der Waals surface area contributed by atoms with E-state index in [2.05, 4.69) is 5.32 Å². The molecule has 2 N–H and O–H groups in total. The molecule has 33 heavy (non-hydrogen) atoms.